The molecule has 1 aromatic carbocycles. The molecule has 0 saturated heterocycles. The maximum absolute atomic E-state index is 13.4. The Bertz CT molecular complexity index is 1330. The molecule has 0 bridgehead atoms. The Morgan fingerprint density at radius 1 is 1.33 bits per heavy atom. The molecule has 4 rings (SSSR count). The maximum atomic E-state index is 13.4. The number of allylic oxidation sites excluding steroid dienone is 1. The first-order chi connectivity index (χ1) is 14.4. The van der Waals surface area contributed by atoms with Crippen LogP contribution in [0.1, 0.15) is 31.0 Å². The molecule has 0 aliphatic carbocycles. The molecule has 0 N–H and O–H groups in total. The van der Waals surface area contributed by atoms with Gasteiger partial charge in [0.2, 0.25) is 0 Å². The van der Waals surface area contributed by atoms with Crippen LogP contribution in [0.5, 0.6) is 0 Å². The number of fused-ring (bicyclic) bond motifs is 1. The number of carbonyl (C=O) groups excluding carboxylic acids is 1. The van der Waals surface area contributed by atoms with Crippen molar-refractivity contribution in [3.8, 4) is 0 Å². The monoisotopic (exact) mass is 486 g/mol. The highest BCUT2D eigenvalue weighted by atomic mass is 79.9. The Balaban J connectivity index is 1.96. The van der Waals surface area contributed by atoms with E-state index in [4.69, 9.17) is 4.74 Å². The zero-order chi connectivity index (χ0) is 21.4. The molecule has 9 heteroatoms. The lowest BCUT2D eigenvalue weighted by molar-refractivity contribution is -0.139. The first kappa shape index (κ1) is 20.5. The number of halogens is 1. The quantitative estimate of drug-likeness (QED) is 0.530. The van der Waals surface area contributed by atoms with Crippen molar-refractivity contribution in [1.82, 2.24) is 14.3 Å². The number of benzene rings is 1. The Morgan fingerprint density at radius 3 is 2.70 bits per heavy atom. The minimum Gasteiger partial charge on any atom is -0.463 e. The summed E-state index contributed by atoms with van der Waals surface area (Å²) in [5.41, 5.74) is 2.36. The topological polar surface area (TPSA) is 78.5 Å². The van der Waals surface area contributed by atoms with Crippen LogP contribution in [0, 0.1) is 0 Å². The van der Waals surface area contributed by atoms with Gasteiger partial charge < -0.3 is 4.74 Å². The lowest BCUT2D eigenvalue weighted by Gasteiger charge is -2.24. The number of hydrogen-bond donors (Lipinski definition) is 0. The van der Waals surface area contributed by atoms with E-state index in [0.717, 1.165) is 15.6 Å². The molecule has 1 aliphatic heterocycles. The number of aryl methyl sites for hydroxylation is 1. The first-order valence-corrected chi connectivity index (χ1v) is 10.9. The van der Waals surface area contributed by atoms with Gasteiger partial charge in [-0.2, -0.15) is 5.10 Å². The fourth-order valence-electron chi connectivity index (χ4n) is 3.42. The van der Waals surface area contributed by atoms with E-state index < -0.39 is 12.0 Å². The molecule has 3 aromatic rings. The van der Waals surface area contributed by atoms with Crippen LogP contribution in [0.2, 0.25) is 0 Å². The van der Waals surface area contributed by atoms with E-state index in [2.05, 4.69) is 26.0 Å². The summed E-state index contributed by atoms with van der Waals surface area (Å²) in [7, 11) is 1.82. The van der Waals surface area contributed by atoms with Gasteiger partial charge in [-0.15, -0.1) is 0 Å². The number of rotatable bonds is 4. The molecule has 0 unspecified atom stereocenters. The standard InChI is InChI=1S/C21H19BrN4O3S/c1-4-29-20(28)17-12(2)24-21-26(18(17)14-5-7-15(22)8-6-14)19(27)16(30-21)9-13-10-23-25(3)11-13/h5-11,18H,4H2,1-3H3/b16-9+/t18-/m1/s1. The molecule has 0 spiro atoms. The van der Waals surface area contributed by atoms with E-state index in [1.54, 1.807) is 35.4 Å². The number of carbonyl (C=O) groups is 1. The molecule has 0 radical (unpaired) electrons. The zero-order valence-corrected chi connectivity index (χ0v) is 19.0. The molecule has 154 valence electrons. The largest absolute Gasteiger partial charge is 0.463 e. The second-order valence-corrected chi connectivity index (χ2v) is 8.73. The maximum Gasteiger partial charge on any atom is 0.338 e. The first-order valence-electron chi connectivity index (χ1n) is 9.33. The summed E-state index contributed by atoms with van der Waals surface area (Å²) < 4.78 is 9.99. The molecule has 7 nitrogen and oxygen atoms in total. The van der Waals surface area contributed by atoms with E-state index in [9.17, 15) is 9.59 Å². The van der Waals surface area contributed by atoms with Crippen LogP contribution in [-0.4, -0.2) is 26.9 Å². The summed E-state index contributed by atoms with van der Waals surface area (Å²) in [6.07, 6.45) is 5.32. The lowest BCUT2D eigenvalue weighted by Crippen LogP contribution is -2.39. The van der Waals surface area contributed by atoms with E-state index in [-0.39, 0.29) is 12.2 Å². The van der Waals surface area contributed by atoms with E-state index in [1.165, 1.54) is 11.3 Å². The molecule has 0 saturated carbocycles. The molecule has 30 heavy (non-hydrogen) atoms. The number of ether oxygens (including phenoxy) is 1. The summed E-state index contributed by atoms with van der Waals surface area (Å²) in [5, 5.41) is 4.15. The Hall–Kier alpha value is -2.78. The van der Waals surface area contributed by atoms with Gasteiger partial charge in [0.15, 0.2) is 4.80 Å². The van der Waals surface area contributed by atoms with Gasteiger partial charge in [-0.05, 0) is 37.6 Å². The number of aromatic nitrogens is 3. The second kappa shape index (κ2) is 8.16. The van der Waals surface area contributed by atoms with E-state index >= 15 is 0 Å². The van der Waals surface area contributed by atoms with Gasteiger partial charge in [0.25, 0.3) is 5.56 Å². The van der Waals surface area contributed by atoms with Crippen molar-refractivity contribution in [2.24, 2.45) is 12.0 Å². The Labute approximate surface area is 184 Å². The third kappa shape index (κ3) is 3.70. The van der Waals surface area contributed by atoms with Gasteiger partial charge in [0.05, 0.1) is 34.6 Å². The average molecular weight is 487 g/mol. The van der Waals surface area contributed by atoms with Crippen LogP contribution in [0.4, 0.5) is 0 Å². The zero-order valence-electron chi connectivity index (χ0n) is 16.6. The normalized spacial score (nSPS) is 16.4. The van der Waals surface area contributed by atoms with Crippen molar-refractivity contribution in [1.29, 1.82) is 0 Å². The van der Waals surface area contributed by atoms with E-state index in [1.807, 2.05) is 37.5 Å². The molecule has 1 aliphatic rings. The summed E-state index contributed by atoms with van der Waals surface area (Å²) in [5.74, 6) is -0.465. The van der Waals surface area contributed by atoms with Crippen molar-refractivity contribution in [2.45, 2.75) is 19.9 Å². The molecular weight excluding hydrogens is 468 g/mol. The molecule has 0 amide bonds. The number of hydrogen-bond acceptors (Lipinski definition) is 6. The highest BCUT2D eigenvalue weighted by Gasteiger charge is 2.33. The van der Waals surface area contributed by atoms with Gasteiger partial charge in [0, 0.05) is 23.3 Å². The van der Waals surface area contributed by atoms with Crippen molar-refractivity contribution >= 4 is 39.3 Å². The Kier molecular flexibility index (Phi) is 5.57. The van der Waals surface area contributed by atoms with Crippen molar-refractivity contribution in [3.05, 3.63) is 83.2 Å². The minimum atomic E-state index is -0.607. The molecule has 0 fully saturated rings. The van der Waals surface area contributed by atoms with Crippen LogP contribution in [0.25, 0.3) is 6.08 Å². The molecule has 2 aromatic heterocycles. The fraction of sp³-hybridized carbons (Fsp3) is 0.238. The predicted molar refractivity (Wildman–Crippen MR) is 118 cm³/mol. The number of thiazole rings is 1. The van der Waals surface area contributed by atoms with Crippen LogP contribution in [0.3, 0.4) is 0 Å². The average Bonchev–Trinajstić information content (AvgIpc) is 3.24. The smallest absolute Gasteiger partial charge is 0.338 e. The Morgan fingerprint density at radius 2 is 2.07 bits per heavy atom. The van der Waals surface area contributed by atoms with Crippen LogP contribution in [0.15, 0.2) is 62.2 Å². The van der Waals surface area contributed by atoms with Crippen molar-refractivity contribution in [3.63, 3.8) is 0 Å². The van der Waals surface area contributed by atoms with Crippen LogP contribution in [-0.2, 0) is 16.6 Å². The van der Waals surface area contributed by atoms with Crippen molar-refractivity contribution < 1.29 is 9.53 Å². The second-order valence-electron chi connectivity index (χ2n) is 6.80. The van der Waals surface area contributed by atoms with Crippen molar-refractivity contribution in [2.75, 3.05) is 6.61 Å². The number of nitrogens with zero attached hydrogens (tertiary/aromatic N) is 4. The predicted octanol–water partition coefficient (Wildman–Crippen LogP) is 2.29. The van der Waals surface area contributed by atoms with E-state index in [0.29, 0.717) is 20.6 Å². The van der Waals surface area contributed by atoms with Crippen LogP contribution < -0.4 is 14.9 Å². The lowest BCUT2D eigenvalue weighted by atomic mass is 9.96. The van der Waals surface area contributed by atoms with Gasteiger partial charge in [-0.3, -0.25) is 14.0 Å². The van der Waals surface area contributed by atoms with Gasteiger partial charge in [-0.1, -0.05) is 39.4 Å². The number of esters is 1. The van der Waals surface area contributed by atoms with Gasteiger partial charge in [0.1, 0.15) is 0 Å². The molecular formula is C21H19BrN4O3S. The highest BCUT2D eigenvalue weighted by Crippen LogP contribution is 2.31. The van der Waals surface area contributed by atoms with Gasteiger partial charge in [-0.25, -0.2) is 9.79 Å². The summed E-state index contributed by atoms with van der Waals surface area (Å²) in [6.45, 7) is 3.77. The highest BCUT2D eigenvalue weighted by molar-refractivity contribution is 9.10. The molecule has 3 heterocycles. The summed E-state index contributed by atoms with van der Waals surface area (Å²) >= 11 is 4.73. The van der Waals surface area contributed by atoms with Gasteiger partial charge >= 0.3 is 5.97 Å². The minimum absolute atomic E-state index is 0.204. The third-order valence-electron chi connectivity index (χ3n) is 4.73. The van der Waals surface area contributed by atoms with Crippen LogP contribution >= 0.6 is 27.3 Å². The summed E-state index contributed by atoms with van der Waals surface area (Å²) in [4.78, 5) is 31.3. The SMILES string of the molecule is CCOC(=O)C1=C(C)N=c2s/c(=C/c3cnn(C)c3)c(=O)n2[C@@H]1c1ccc(Br)cc1. The fourth-order valence-corrected chi connectivity index (χ4v) is 4.73. The molecule has 1 atom stereocenters. The third-order valence-corrected chi connectivity index (χ3v) is 6.24. The summed E-state index contributed by atoms with van der Waals surface area (Å²) in [6, 6.07) is 6.96.